The number of rotatable bonds is 3. The maximum Gasteiger partial charge on any atom is 0.432 e. The van der Waals surface area contributed by atoms with Crippen LogP contribution in [-0.2, 0) is 13.2 Å². The molecule has 8 nitrogen and oxygen atoms in total. The molecule has 1 amide bonds. The first-order valence-corrected chi connectivity index (χ1v) is 5.39. The maximum absolute atomic E-state index is 12.4. The van der Waals surface area contributed by atoms with Gasteiger partial charge in [-0.3, -0.25) is 14.6 Å². The fourth-order valence-corrected chi connectivity index (χ4v) is 1.55. The Morgan fingerprint density at radius 1 is 1.43 bits per heavy atom. The number of carbonyl (C=O) groups is 2. The molecule has 11 heteroatoms. The third-order valence-electron chi connectivity index (χ3n) is 2.51. The third kappa shape index (κ3) is 2.85. The molecule has 0 aliphatic carbocycles. The summed E-state index contributed by atoms with van der Waals surface area (Å²) < 4.78 is 38.1. The molecule has 0 spiro atoms. The zero-order valence-corrected chi connectivity index (χ0v) is 10.4. The van der Waals surface area contributed by atoms with Crippen molar-refractivity contribution in [3.05, 3.63) is 29.3 Å². The van der Waals surface area contributed by atoms with Crippen molar-refractivity contribution in [2.75, 3.05) is 5.32 Å². The number of aromatic nitrogens is 4. The minimum absolute atomic E-state index is 0.147. The second-order valence-electron chi connectivity index (χ2n) is 3.95. The fraction of sp³-hybridized carbons (Fsp3) is 0.200. The minimum atomic E-state index is -4.66. The van der Waals surface area contributed by atoms with E-state index in [0.717, 1.165) is 10.9 Å². The molecular weight excluding hydrogens is 295 g/mol. The van der Waals surface area contributed by atoms with Crippen molar-refractivity contribution < 1.29 is 27.9 Å². The highest BCUT2D eigenvalue weighted by Gasteiger charge is 2.34. The molecular formula is C10H8F3N5O3. The van der Waals surface area contributed by atoms with Crippen LogP contribution in [-0.4, -0.2) is 37.0 Å². The first-order chi connectivity index (χ1) is 9.70. The number of aromatic amines is 1. The van der Waals surface area contributed by atoms with Gasteiger partial charge in [0, 0.05) is 13.1 Å². The Morgan fingerprint density at radius 3 is 2.62 bits per heavy atom. The van der Waals surface area contributed by atoms with Crippen molar-refractivity contribution in [1.82, 2.24) is 20.0 Å². The Hall–Kier alpha value is -2.85. The molecule has 0 aromatic carbocycles. The minimum Gasteiger partial charge on any atom is -0.476 e. The van der Waals surface area contributed by atoms with Crippen LogP contribution < -0.4 is 5.32 Å². The van der Waals surface area contributed by atoms with Gasteiger partial charge >= 0.3 is 12.1 Å². The summed E-state index contributed by atoms with van der Waals surface area (Å²) in [6, 6.07) is 0.520. The smallest absolute Gasteiger partial charge is 0.432 e. The van der Waals surface area contributed by atoms with Crippen molar-refractivity contribution in [2.24, 2.45) is 7.05 Å². The number of aryl methyl sites for hydroxylation is 1. The number of anilines is 1. The Kier molecular flexibility index (Phi) is 3.41. The number of alkyl halides is 3. The molecule has 0 atom stereocenters. The van der Waals surface area contributed by atoms with E-state index in [1.165, 1.54) is 7.05 Å². The summed E-state index contributed by atoms with van der Waals surface area (Å²) in [6.07, 6.45) is -3.59. The molecule has 0 unspecified atom stereocenters. The molecule has 0 fully saturated rings. The number of carboxylic acid groups (broad SMARTS) is 1. The first kappa shape index (κ1) is 14.6. The van der Waals surface area contributed by atoms with Gasteiger partial charge in [-0.2, -0.15) is 23.4 Å². The van der Waals surface area contributed by atoms with Crippen LogP contribution in [0.3, 0.4) is 0 Å². The van der Waals surface area contributed by atoms with E-state index >= 15 is 0 Å². The maximum atomic E-state index is 12.4. The van der Waals surface area contributed by atoms with Gasteiger partial charge in [0.15, 0.2) is 11.4 Å². The molecule has 0 aliphatic rings. The number of hydrogen-bond donors (Lipinski definition) is 3. The lowest BCUT2D eigenvalue weighted by atomic mass is 10.3. The molecule has 3 N–H and O–H groups in total. The topological polar surface area (TPSA) is 113 Å². The van der Waals surface area contributed by atoms with Crippen LogP contribution in [0.15, 0.2) is 12.3 Å². The Bertz CT molecular complexity index is 703. The van der Waals surface area contributed by atoms with Gasteiger partial charge in [0.25, 0.3) is 5.91 Å². The number of carbonyl (C=O) groups excluding carboxylic acids is 1. The van der Waals surface area contributed by atoms with E-state index in [4.69, 9.17) is 5.11 Å². The SMILES string of the molecule is Cn1ncc(NC(=O)c2cc(C(F)(F)F)[nH]n2)c1C(=O)O. The van der Waals surface area contributed by atoms with Crippen LogP contribution in [0.2, 0.25) is 0 Å². The van der Waals surface area contributed by atoms with Crippen LogP contribution in [0, 0.1) is 0 Å². The molecule has 2 aromatic heterocycles. The second kappa shape index (κ2) is 4.92. The highest BCUT2D eigenvalue weighted by atomic mass is 19.4. The van der Waals surface area contributed by atoms with E-state index in [9.17, 15) is 22.8 Å². The monoisotopic (exact) mass is 303 g/mol. The van der Waals surface area contributed by atoms with E-state index in [-0.39, 0.29) is 11.4 Å². The number of nitrogens with zero attached hydrogens (tertiary/aromatic N) is 3. The molecule has 2 aromatic rings. The van der Waals surface area contributed by atoms with Crippen LogP contribution in [0.4, 0.5) is 18.9 Å². The number of nitrogens with one attached hydrogen (secondary N) is 2. The summed E-state index contributed by atoms with van der Waals surface area (Å²) in [5, 5.41) is 19.6. The second-order valence-corrected chi connectivity index (χ2v) is 3.95. The molecule has 0 bridgehead atoms. The third-order valence-corrected chi connectivity index (χ3v) is 2.51. The zero-order valence-electron chi connectivity index (χ0n) is 10.4. The predicted octanol–water partition coefficient (Wildman–Crippen LogP) is 1.11. The molecule has 2 rings (SSSR count). The van der Waals surface area contributed by atoms with Gasteiger partial charge in [-0.15, -0.1) is 0 Å². The predicted molar refractivity (Wildman–Crippen MR) is 61.7 cm³/mol. The normalized spacial score (nSPS) is 11.4. The molecule has 112 valence electrons. The van der Waals surface area contributed by atoms with Crippen LogP contribution in [0.25, 0.3) is 0 Å². The van der Waals surface area contributed by atoms with Crippen LogP contribution >= 0.6 is 0 Å². The molecule has 0 radical (unpaired) electrons. The lowest BCUT2D eigenvalue weighted by Crippen LogP contribution is -2.15. The van der Waals surface area contributed by atoms with Gasteiger partial charge in [-0.25, -0.2) is 4.79 Å². The van der Waals surface area contributed by atoms with Crippen LogP contribution in [0.1, 0.15) is 26.7 Å². The van der Waals surface area contributed by atoms with E-state index in [1.54, 1.807) is 5.10 Å². The van der Waals surface area contributed by atoms with Crippen molar-refractivity contribution in [1.29, 1.82) is 0 Å². The van der Waals surface area contributed by atoms with Gasteiger partial charge in [0.1, 0.15) is 5.69 Å². The number of hydrogen-bond acceptors (Lipinski definition) is 4. The molecule has 0 aliphatic heterocycles. The standard InChI is InChI=1S/C10H8F3N5O3/c1-18-7(9(20)21)5(3-14-18)15-8(19)4-2-6(17-16-4)10(11,12)13/h2-3H,1H3,(H,15,19)(H,16,17)(H,20,21). The number of amides is 1. The summed E-state index contributed by atoms with van der Waals surface area (Å²) in [5.74, 6) is -2.33. The number of H-pyrrole nitrogens is 1. The molecule has 0 saturated carbocycles. The first-order valence-electron chi connectivity index (χ1n) is 5.39. The van der Waals surface area contributed by atoms with Crippen molar-refractivity contribution in [3.63, 3.8) is 0 Å². The summed E-state index contributed by atoms with van der Waals surface area (Å²) in [5.41, 5.74) is -2.17. The fourth-order valence-electron chi connectivity index (χ4n) is 1.55. The lowest BCUT2D eigenvalue weighted by molar-refractivity contribution is -0.141. The van der Waals surface area contributed by atoms with E-state index in [0.29, 0.717) is 6.07 Å². The highest BCUT2D eigenvalue weighted by molar-refractivity contribution is 6.06. The number of carboxylic acids is 1. The Labute approximate surface area is 114 Å². The lowest BCUT2D eigenvalue weighted by Gasteiger charge is -2.02. The summed E-state index contributed by atoms with van der Waals surface area (Å²) in [6.45, 7) is 0. The van der Waals surface area contributed by atoms with Gasteiger partial charge in [-0.05, 0) is 0 Å². The van der Waals surface area contributed by atoms with Gasteiger partial charge in [0.05, 0.1) is 11.9 Å². The van der Waals surface area contributed by atoms with Crippen LogP contribution in [0.5, 0.6) is 0 Å². The van der Waals surface area contributed by atoms with E-state index in [2.05, 4.69) is 15.5 Å². The highest BCUT2D eigenvalue weighted by Crippen LogP contribution is 2.27. The number of halogens is 3. The van der Waals surface area contributed by atoms with Gasteiger partial charge < -0.3 is 10.4 Å². The average Bonchev–Trinajstić information content (AvgIpc) is 2.95. The summed E-state index contributed by atoms with van der Waals surface area (Å²) >= 11 is 0. The summed E-state index contributed by atoms with van der Waals surface area (Å²) in [7, 11) is 1.34. The Balaban J connectivity index is 2.23. The van der Waals surface area contributed by atoms with Crippen molar-refractivity contribution in [2.45, 2.75) is 6.18 Å². The average molecular weight is 303 g/mol. The largest absolute Gasteiger partial charge is 0.476 e. The van der Waals surface area contributed by atoms with Crippen molar-refractivity contribution in [3.8, 4) is 0 Å². The molecule has 21 heavy (non-hydrogen) atoms. The quantitative estimate of drug-likeness (QED) is 0.786. The number of aromatic carboxylic acids is 1. The molecule has 0 saturated heterocycles. The Morgan fingerprint density at radius 2 is 2.10 bits per heavy atom. The van der Waals surface area contributed by atoms with E-state index < -0.39 is 29.4 Å². The summed E-state index contributed by atoms with van der Waals surface area (Å²) in [4.78, 5) is 22.7. The van der Waals surface area contributed by atoms with E-state index in [1.807, 2.05) is 0 Å². The zero-order chi connectivity index (χ0) is 15.8. The van der Waals surface area contributed by atoms with Crippen molar-refractivity contribution >= 4 is 17.6 Å². The molecule has 2 heterocycles. The van der Waals surface area contributed by atoms with Gasteiger partial charge in [-0.1, -0.05) is 0 Å². The van der Waals surface area contributed by atoms with Gasteiger partial charge in [0.2, 0.25) is 0 Å².